The van der Waals surface area contributed by atoms with Crippen molar-refractivity contribution >= 4 is 29.9 Å². The number of ether oxygens (including phenoxy) is 2. The molecule has 1 saturated heterocycles. The molecule has 1 aliphatic rings. The monoisotopic (exact) mass is 399 g/mol. The largest absolute Gasteiger partial charge is 0.546 e. The van der Waals surface area contributed by atoms with E-state index in [0.29, 0.717) is 11.3 Å². The first kappa shape index (κ1) is 19.7. The number of hydrogen-bond acceptors (Lipinski definition) is 8. The number of methoxy groups -OCH3 is 1. The van der Waals surface area contributed by atoms with E-state index < -0.39 is 30.4 Å². The summed E-state index contributed by atoms with van der Waals surface area (Å²) in [6.45, 7) is -0.802. The number of aliphatic carboxylic acids is 1. The van der Waals surface area contributed by atoms with Crippen LogP contribution in [0.2, 0.25) is 0 Å². The number of amides is 4. The second-order valence-electron chi connectivity index (χ2n) is 5.86. The number of nitrogens with zero attached hydrogens (tertiary/aromatic N) is 1. The molecule has 3 rings (SSSR count). The molecule has 1 N–H and O–H groups in total. The third kappa shape index (κ3) is 4.43. The molecule has 0 aliphatic carbocycles. The van der Waals surface area contributed by atoms with E-state index in [2.05, 4.69) is 5.32 Å². The number of rotatable bonds is 7. The number of barbiturate groups is 1. The SMILES string of the molecule is COc1cc(/C=C2/C(=O)NC(=O)N(Cc3ccco3)C2=O)ccc1OCC(=O)[O-]. The molecular weight excluding hydrogens is 384 g/mol. The van der Waals surface area contributed by atoms with Gasteiger partial charge < -0.3 is 23.8 Å². The Hall–Kier alpha value is -4.08. The first-order valence-electron chi connectivity index (χ1n) is 8.31. The van der Waals surface area contributed by atoms with Crippen LogP contribution in [0.1, 0.15) is 11.3 Å². The molecule has 0 saturated carbocycles. The summed E-state index contributed by atoms with van der Waals surface area (Å²) in [7, 11) is 1.35. The molecule has 0 unspecified atom stereocenters. The van der Waals surface area contributed by atoms with Crippen molar-refractivity contribution < 1.29 is 38.2 Å². The number of nitrogens with one attached hydrogen (secondary N) is 1. The van der Waals surface area contributed by atoms with Crippen molar-refractivity contribution in [2.24, 2.45) is 0 Å². The fraction of sp³-hybridized carbons (Fsp3) is 0.158. The number of carboxylic acid groups (broad SMARTS) is 1. The van der Waals surface area contributed by atoms with Gasteiger partial charge in [0.2, 0.25) is 0 Å². The van der Waals surface area contributed by atoms with Gasteiger partial charge in [0.05, 0.1) is 25.9 Å². The number of imide groups is 2. The normalized spacial score (nSPS) is 15.4. The van der Waals surface area contributed by atoms with Crippen molar-refractivity contribution in [1.29, 1.82) is 0 Å². The summed E-state index contributed by atoms with van der Waals surface area (Å²) in [6.07, 6.45) is 2.68. The summed E-state index contributed by atoms with van der Waals surface area (Å²) in [5.74, 6) is -2.32. The van der Waals surface area contributed by atoms with Crippen molar-refractivity contribution in [1.82, 2.24) is 10.2 Å². The number of carbonyl (C=O) groups is 4. The minimum absolute atomic E-state index is 0.137. The van der Waals surface area contributed by atoms with Crippen molar-refractivity contribution in [3.63, 3.8) is 0 Å². The van der Waals surface area contributed by atoms with Gasteiger partial charge in [0, 0.05) is 0 Å². The summed E-state index contributed by atoms with van der Waals surface area (Å²) in [6, 6.07) is 6.72. The quantitative estimate of drug-likeness (QED) is 0.510. The molecule has 0 spiro atoms. The van der Waals surface area contributed by atoms with Gasteiger partial charge in [0.15, 0.2) is 11.5 Å². The number of carbonyl (C=O) groups excluding carboxylic acids is 4. The zero-order valence-electron chi connectivity index (χ0n) is 15.2. The lowest BCUT2D eigenvalue weighted by molar-refractivity contribution is -0.307. The van der Waals surface area contributed by atoms with Crippen LogP contribution in [0.4, 0.5) is 4.79 Å². The summed E-state index contributed by atoms with van der Waals surface area (Å²) < 4.78 is 15.3. The van der Waals surface area contributed by atoms with Crippen LogP contribution in [-0.2, 0) is 20.9 Å². The van der Waals surface area contributed by atoms with E-state index in [9.17, 15) is 24.3 Å². The predicted molar refractivity (Wildman–Crippen MR) is 94.3 cm³/mol. The zero-order valence-corrected chi connectivity index (χ0v) is 15.2. The van der Waals surface area contributed by atoms with Gasteiger partial charge in [-0.25, -0.2) is 4.79 Å². The number of urea groups is 1. The first-order chi connectivity index (χ1) is 13.9. The maximum absolute atomic E-state index is 12.7. The van der Waals surface area contributed by atoms with E-state index in [1.54, 1.807) is 12.1 Å². The molecule has 2 heterocycles. The van der Waals surface area contributed by atoms with Gasteiger partial charge in [0.1, 0.15) is 17.9 Å². The second kappa shape index (κ2) is 8.30. The molecule has 1 aliphatic heterocycles. The highest BCUT2D eigenvalue weighted by Gasteiger charge is 2.36. The summed E-state index contributed by atoms with van der Waals surface area (Å²) >= 11 is 0. The number of furan rings is 1. The van der Waals surface area contributed by atoms with Gasteiger partial charge in [-0.2, -0.15) is 0 Å². The maximum Gasteiger partial charge on any atom is 0.331 e. The van der Waals surface area contributed by atoms with Crippen LogP contribution in [0.15, 0.2) is 46.6 Å². The van der Waals surface area contributed by atoms with Crippen LogP contribution in [-0.4, -0.2) is 42.4 Å². The Kier molecular flexibility index (Phi) is 5.63. The highest BCUT2D eigenvalue weighted by atomic mass is 16.5. The highest BCUT2D eigenvalue weighted by Crippen LogP contribution is 2.29. The van der Waals surface area contributed by atoms with Crippen LogP contribution in [0.5, 0.6) is 11.5 Å². The smallest absolute Gasteiger partial charge is 0.331 e. The van der Waals surface area contributed by atoms with Crippen molar-refractivity contribution in [2.45, 2.75) is 6.54 Å². The fourth-order valence-corrected chi connectivity index (χ4v) is 2.59. The lowest BCUT2D eigenvalue weighted by Crippen LogP contribution is -2.53. The van der Waals surface area contributed by atoms with Crippen molar-refractivity contribution in [2.75, 3.05) is 13.7 Å². The predicted octanol–water partition coefficient (Wildman–Crippen LogP) is 0.0789. The van der Waals surface area contributed by atoms with Crippen LogP contribution in [0.25, 0.3) is 6.08 Å². The number of carboxylic acids is 1. The lowest BCUT2D eigenvalue weighted by atomic mass is 10.1. The van der Waals surface area contributed by atoms with Gasteiger partial charge in [-0.3, -0.25) is 19.8 Å². The van der Waals surface area contributed by atoms with Gasteiger partial charge in [-0.1, -0.05) is 6.07 Å². The van der Waals surface area contributed by atoms with Crippen LogP contribution >= 0.6 is 0 Å². The van der Waals surface area contributed by atoms with E-state index in [1.165, 1.54) is 37.6 Å². The first-order valence-corrected chi connectivity index (χ1v) is 8.31. The average molecular weight is 399 g/mol. The van der Waals surface area contributed by atoms with Crippen molar-refractivity contribution in [3.8, 4) is 11.5 Å². The third-order valence-electron chi connectivity index (χ3n) is 3.92. The Labute approximate surface area is 164 Å². The Morgan fingerprint density at radius 1 is 1.24 bits per heavy atom. The summed E-state index contributed by atoms with van der Waals surface area (Å²) in [4.78, 5) is 48.3. The van der Waals surface area contributed by atoms with E-state index in [0.717, 1.165) is 4.90 Å². The molecular formula is C19H15N2O8-. The fourth-order valence-electron chi connectivity index (χ4n) is 2.59. The number of hydrogen-bond donors (Lipinski definition) is 1. The van der Waals surface area contributed by atoms with Gasteiger partial charge in [0.25, 0.3) is 11.8 Å². The molecule has 29 heavy (non-hydrogen) atoms. The molecule has 10 heteroatoms. The molecule has 150 valence electrons. The molecule has 1 fully saturated rings. The molecule has 1 aromatic heterocycles. The average Bonchev–Trinajstić information content (AvgIpc) is 3.20. The minimum Gasteiger partial charge on any atom is -0.546 e. The van der Waals surface area contributed by atoms with E-state index >= 15 is 0 Å². The van der Waals surface area contributed by atoms with Crippen LogP contribution in [0, 0.1) is 0 Å². The minimum atomic E-state index is -1.40. The Morgan fingerprint density at radius 2 is 2.03 bits per heavy atom. The summed E-state index contributed by atoms with van der Waals surface area (Å²) in [5, 5.41) is 12.6. The topological polar surface area (TPSA) is 138 Å². The zero-order chi connectivity index (χ0) is 21.0. The Balaban J connectivity index is 1.87. The molecule has 0 atom stereocenters. The van der Waals surface area contributed by atoms with Crippen molar-refractivity contribution in [3.05, 3.63) is 53.5 Å². The number of benzene rings is 1. The van der Waals surface area contributed by atoms with Gasteiger partial charge >= 0.3 is 6.03 Å². The third-order valence-corrected chi connectivity index (χ3v) is 3.92. The molecule has 10 nitrogen and oxygen atoms in total. The van der Waals surface area contributed by atoms with E-state index in [-0.39, 0.29) is 23.6 Å². The second-order valence-corrected chi connectivity index (χ2v) is 5.86. The van der Waals surface area contributed by atoms with Gasteiger partial charge in [-0.15, -0.1) is 0 Å². The van der Waals surface area contributed by atoms with E-state index in [1.807, 2.05) is 0 Å². The van der Waals surface area contributed by atoms with Gasteiger partial charge in [-0.05, 0) is 35.9 Å². The molecule has 2 aromatic rings. The molecule has 0 radical (unpaired) electrons. The highest BCUT2D eigenvalue weighted by molar-refractivity contribution is 6.30. The van der Waals surface area contributed by atoms with E-state index in [4.69, 9.17) is 13.9 Å². The molecule has 0 bridgehead atoms. The van der Waals surface area contributed by atoms with Crippen LogP contribution < -0.4 is 19.9 Å². The summed E-state index contributed by atoms with van der Waals surface area (Å²) in [5.41, 5.74) is 0.134. The lowest BCUT2D eigenvalue weighted by Gasteiger charge is -2.25. The maximum atomic E-state index is 12.7. The Morgan fingerprint density at radius 3 is 2.69 bits per heavy atom. The standard InChI is InChI=1S/C19H16N2O8/c1-27-15-8-11(4-5-14(15)29-10-16(22)23)7-13-17(24)20-19(26)21(18(13)25)9-12-3-2-6-28-12/h2-8H,9-10H2,1H3,(H,22,23)(H,20,24,26)/p-1/b13-7-. The molecule has 1 aromatic carbocycles. The Bertz CT molecular complexity index is 994. The van der Waals surface area contributed by atoms with Crippen LogP contribution in [0.3, 0.4) is 0 Å². The molecule has 4 amide bonds.